The van der Waals surface area contributed by atoms with E-state index in [0.717, 1.165) is 23.4 Å². The van der Waals surface area contributed by atoms with Gasteiger partial charge in [-0.2, -0.15) is 15.5 Å². The van der Waals surface area contributed by atoms with Crippen LogP contribution >= 0.6 is 0 Å². The third-order valence-electron chi connectivity index (χ3n) is 3.74. The number of likely N-dealkylation sites (N-methyl/N-ethyl adjacent to an activating group) is 2. The van der Waals surface area contributed by atoms with Gasteiger partial charge in [0.2, 0.25) is 6.04 Å². The maximum atomic E-state index is 12.0. The van der Waals surface area contributed by atoms with Crippen molar-refractivity contribution in [1.82, 2.24) is 20.7 Å². The first-order valence-electron chi connectivity index (χ1n) is 8.10. The first kappa shape index (κ1) is 22.4. The molecule has 2 heterocycles. The van der Waals surface area contributed by atoms with Crippen molar-refractivity contribution in [1.29, 1.82) is 5.26 Å². The molecule has 4 amide bonds. The van der Waals surface area contributed by atoms with Crippen LogP contribution in [0.5, 0.6) is 0 Å². The number of rotatable bonds is 7. The predicted molar refractivity (Wildman–Crippen MR) is 101 cm³/mol. The van der Waals surface area contributed by atoms with Gasteiger partial charge in [-0.15, -0.1) is 4.91 Å². The highest BCUT2D eigenvalue weighted by atomic mass is 16.6. The van der Waals surface area contributed by atoms with Gasteiger partial charge in [-0.25, -0.2) is 10.2 Å². The van der Waals surface area contributed by atoms with E-state index < -0.39 is 40.3 Å². The number of amidine groups is 1. The molecule has 2 N–H and O–H groups in total. The van der Waals surface area contributed by atoms with Gasteiger partial charge in [-0.1, -0.05) is 0 Å². The number of nitrogens with one attached hydrogen (secondary N) is 2. The van der Waals surface area contributed by atoms with Gasteiger partial charge >= 0.3 is 11.9 Å². The van der Waals surface area contributed by atoms with Crippen molar-refractivity contribution < 1.29 is 23.7 Å². The zero-order valence-corrected chi connectivity index (χ0v) is 15.9. The monoisotopic (exact) mass is 431 g/mol. The summed E-state index contributed by atoms with van der Waals surface area (Å²) in [5, 5.41) is 29.4. The van der Waals surface area contributed by atoms with Crippen LogP contribution in [0.25, 0.3) is 0 Å². The van der Waals surface area contributed by atoms with E-state index in [1.807, 2.05) is 5.43 Å². The van der Waals surface area contributed by atoms with E-state index in [4.69, 9.17) is 9.68 Å². The third-order valence-corrected chi connectivity index (χ3v) is 3.74. The quantitative estimate of drug-likeness (QED) is 0.143. The molecule has 16 nitrogen and oxygen atoms in total. The molecule has 1 aliphatic heterocycles. The Morgan fingerprint density at radius 1 is 1.35 bits per heavy atom. The summed E-state index contributed by atoms with van der Waals surface area (Å²) in [7, 11) is 2.42. The Balaban J connectivity index is 2.07. The highest BCUT2D eigenvalue weighted by molar-refractivity contribution is 6.20. The van der Waals surface area contributed by atoms with Crippen LogP contribution in [0.15, 0.2) is 43.7 Å². The number of carbonyl (C=O) groups is 3. The Hall–Kier alpha value is -4.94. The molecule has 0 radical (unpaired) electrons. The second kappa shape index (κ2) is 9.51. The number of amides is 4. The van der Waals surface area contributed by atoms with E-state index >= 15 is 0 Å². The SMILES string of the molecule is CN1C(=O)C(N=O)/C(=N/N/C=C(\C#N)C(=O)N/N=C\c2ccc([N+](=O)[O-])o2)N(C)C1=O. The maximum absolute atomic E-state index is 12.0. The number of nitrogens with zero attached hydrogens (tertiary/aromatic N) is 7. The Morgan fingerprint density at radius 3 is 2.65 bits per heavy atom. The van der Waals surface area contributed by atoms with Gasteiger partial charge in [-0.05, 0) is 11.2 Å². The minimum Gasteiger partial charge on any atom is -0.400 e. The largest absolute Gasteiger partial charge is 0.433 e. The van der Waals surface area contributed by atoms with Crippen molar-refractivity contribution in [3.63, 3.8) is 0 Å². The summed E-state index contributed by atoms with van der Waals surface area (Å²) in [5.74, 6) is -2.76. The Labute approximate surface area is 172 Å². The highest BCUT2D eigenvalue weighted by Crippen LogP contribution is 2.14. The molecule has 1 aromatic rings. The zero-order chi connectivity index (χ0) is 23.1. The molecule has 1 saturated heterocycles. The standard InChI is InChI=1S/C15H13N9O7/c1-22-12(11(21-28)14(26)23(2)15(22)27)19-17-6-8(5-16)13(25)20-18-7-9-3-4-10(31-9)24(29)30/h3-4,6-7,11,17H,1-2H3,(H,20,25)/b8-6+,18-7-,19-12-. The molecule has 0 aromatic carbocycles. The zero-order valence-electron chi connectivity index (χ0n) is 15.9. The molecule has 1 aromatic heterocycles. The lowest BCUT2D eigenvalue weighted by atomic mass is 10.2. The smallest absolute Gasteiger partial charge is 0.400 e. The molecular weight excluding hydrogens is 418 g/mol. The van der Waals surface area contributed by atoms with Gasteiger partial charge in [0, 0.05) is 20.3 Å². The van der Waals surface area contributed by atoms with E-state index in [-0.39, 0.29) is 11.6 Å². The van der Waals surface area contributed by atoms with E-state index in [2.05, 4.69) is 20.8 Å². The number of nitriles is 1. The van der Waals surface area contributed by atoms with Crippen LogP contribution in [-0.4, -0.2) is 64.8 Å². The average Bonchev–Trinajstić information content (AvgIpc) is 3.22. The fourth-order valence-electron chi connectivity index (χ4n) is 2.16. The Morgan fingerprint density at radius 2 is 2.06 bits per heavy atom. The third kappa shape index (κ3) is 4.92. The van der Waals surface area contributed by atoms with Crippen molar-refractivity contribution in [2.45, 2.75) is 6.04 Å². The predicted octanol–water partition coefficient (Wildman–Crippen LogP) is -0.393. The molecule has 1 aliphatic rings. The Bertz CT molecular complexity index is 1070. The number of carbonyl (C=O) groups excluding carboxylic acids is 3. The van der Waals surface area contributed by atoms with Gasteiger partial charge < -0.3 is 4.42 Å². The maximum Gasteiger partial charge on any atom is 0.433 e. The van der Waals surface area contributed by atoms with Crippen molar-refractivity contribution >= 4 is 35.8 Å². The van der Waals surface area contributed by atoms with Crippen LogP contribution in [0.2, 0.25) is 0 Å². The summed E-state index contributed by atoms with van der Waals surface area (Å²) in [5.41, 5.74) is 3.66. The number of urea groups is 1. The molecule has 0 bridgehead atoms. The lowest BCUT2D eigenvalue weighted by Crippen LogP contribution is -2.59. The molecule has 0 saturated carbocycles. The van der Waals surface area contributed by atoms with Gasteiger partial charge in [0.25, 0.3) is 11.8 Å². The van der Waals surface area contributed by atoms with Crippen molar-refractivity contribution in [3.8, 4) is 6.07 Å². The van der Waals surface area contributed by atoms with Gasteiger partial charge in [0.1, 0.15) is 16.6 Å². The molecule has 0 aliphatic carbocycles. The van der Waals surface area contributed by atoms with E-state index in [0.29, 0.717) is 4.90 Å². The van der Waals surface area contributed by atoms with Crippen LogP contribution in [0.1, 0.15) is 5.76 Å². The molecule has 1 fully saturated rings. The number of imide groups is 1. The number of hydrazone groups is 2. The summed E-state index contributed by atoms with van der Waals surface area (Å²) in [6.07, 6.45) is 1.80. The summed E-state index contributed by atoms with van der Waals surface area (Å²) < 4.78 is 4.79. The molecule has 1 unspecified atom stereocenters. The average molecular weight is 431 g/mol. The lowest BCUT2D eigenvalue weighted by Gasteiger charge is -2.32. The lowest BCUT2D eigenvalue weighted by molar-refractivity contribution is -0.402. The molecule has 31 heavy (non-hydrogen) atoms. The normalized spacial score (nSPS) is 18.3. The number of hydrogen-bond acceptors (Lipinski definition) is 12. The van der Waals surface area contributed by atoms with Gasteiger partial charge in [0.05, 0.1) is 12.3 Å². The van der Waals surface area contributed by atoms with Crippen LogP contribution in [0.4, 0.5) is 10.7 Å². The minimum absolute atomic E-state index is 0.0222. The number of hydrogen-bond donors (Lipinski definition) is 2. The number of furan rings is 1. The topological polar surface area (TPSA) is 216 Å². The van der Waals surface area contributed by atoms with Crippen molar-refractivity contribution in [2.75, 3.05) is 14.1 Å². The van der Waals surface area contributed by atoms with Gasteiger partial charge in [-0.3, -0.25) is 34.9 Å². The van der Waals surface area contributed by atoms with Gasteiger partial charge in [0.15, 0.2) is 11.6 Å². The molecule has 16 heteroatoms. The molecule has 160 valence electrons. The van der Waals surface area contributed by atoms with Crippen LogP contribution in [-0.2, 0) is 9.59 Å². The second-order valence-electron chi connectivity index (χ2n) is 5.65. The summed E-state index contributed by atoms with van der Waals surface area (Å²) in [4.78, 5) is 58.2. The van der Waals surface area contributed by atoms with Crippen molar-refractivity contribution in [3.05, 3.63) is 44.7 Å². The molecule has 2 rings (SSSR count). The summed E-state index contributed by atoms with van der Waals surface area (Å²) in [6, 6.07) is 1.52. The fraction of sp³-hybridized carbons (Fsp3) is 0.200. The summed E-state index contributed by atoms with van der Waals surface area (Å²) >= 11 is 0. The number of nitroso groups, excluding NO2 is 1. The highest BCUT2D eigenvalue weighted by Gasteiger charge is 2.42. The molecule has 0 spiro atoms. The summed E-state index contributed by atoms with van der Waals surface area (Å²) in [6.45, 7) is 0. The first-order chi connectivity index (χ1) is 14.7. The van der Waals surface area contributed by atoms with E-state index in [1.165, 1.54) is 20.2 Å². The molecular formula is C15H13N9O7. The number of nitro groups is 1. The Kier molecular flexibility index (Phi) is 6.86. The van der Waals surface area contributed by atoms with Crippen LogP contribution in [0.3, 0.4) is 0 Å². The first-order valence-corrected chi connectivity index (χ1v) is 8.10. The second-order valence-corrected chi connectivity index (χ2v) is 5.65. The van der Waals surface area contributed by atoms with Crippen molar-refractivity contribution in [2.24, 2.45) is 15.4 Å². The van der Waals surface area contributed by atoms with E-state index in [1.54, 1.807) is 6.07 Å². The minimum atomic E-state index is -1.60. The van der Waals surface area contributed by atoms with E-state index in [9.17, 15) is 29.4 Å². The molecule has 1 atom stereocenters. The van der Waals surface area contributed by atoms with Crippen LogP contribution in [0, 0.1) is 26.4 Å². The van der Waals surface area contributed by atoms with Crippen LogP contribution < -0.4 is 10.9 Å². The fourth-order valence-corrected chi connectivity index (χ4v) is 2.16.